The summed E-state index contributed by atoms with van der Waals surface area (Å²) < 4.78 is 5.14. The molecule has 1 aliphatic carbocycles. The highest BCUT2D eigenvalue weighted by Crippen LogP contribution is 2.27. The van der Waals surface area contributed by atoms with Crippen molar-refractivity contribution in [3.63, 3.8) is 0 Å². The number of nitrogens with one attached hydrogen (secondary N) is 1. The molecule has 0 radical (unpaired) electrons. The summed E-state index contributed by atoms with van der Waals surface area (Å²) in [6, 6.07) is 12.4. The third kappa shape index (κ3) is 4.50. The van der Waals surface area contributed by atoms with Crippen molar-refractivity contribution in [3.8, 4) is 0 Å². The number of hydrogen-bond donors (Lipinski definition) is 1. The first kappa shape index (κ1) is 17.3. The molecule has 0 spiro atoms. The summed E-state index contributed by atoms with van der Waals surface area (Å²) in [6.45, 7) is 0.751. The van der Waals surface area contributed by atoms with Gasteiger partial charge in [-0.15, -0.1) is 0 Å². The number of furan rings is 1. The molecule has 0 aliphatic heterocycles. The monoisotopic (exact) mass is 340 g/mol. The maximum Gasteiger partial charge on any atom is 0.287 e. The molecule has 1 aromatic carbocycles. The van der Waals surface area contributed by atoms with E-state index in [4.69, 9.17) is 4.42 Å². The van der Waals surface area contributed by atoms with Crippen LogP contribution >= 0.6 is 0 Å². The Balaban J connectivity index is 1.70. The number of benzene rings is 1. The first-order valence-corrected chi connectivity index (χ1v) is 8.77. The number of carbonyl (C=O) groups is 2. The molecule has 1 N–H and O–H groups in total. The van der Waals surface area contributed by atoms with Gasteiger partial charge in [0.2, 0.25) is 5.91 Å². The highest BCUT2D eigenvalue weighted by Gasteiger charge is 2.28. The molecule has 5 nitrogen and oxygen atoms in total. The van der Waals surface area contributed by atoms with Gasteiger partial charge in [0.1, 0.15) is 6.04 Å². The predicted octanol–water partition coefficient (Wildman–Crippen LogP) is 2.88. The zero-order valence-electron chi connectivity index (χ0n) is 14.5. The maximum absolute atomic E-state index is 12.9. The smallest absolute Gasteiger partial charge is 0.287 e. The lowest BCUT2D eigenvalue weighted by atomic mass is 9.85. The third-order valence-electron chi connectivity index (χ3n) is 4.76. The SMILES string of the molecule is CN(CC1CCC1)C(=O)[C@H](Cc1ccccc1)NC(=O)c1ccco1. The van der Waals surface area contributed by atoms with Crippen LogP contribution in [0, 0.1) is 5.92 Å². The van der Waals surface area contributed by atoms with Crippen LogP contribution < -0.4 is 5.32 Å². The van der Waals surface area contributed by atoms with Gasteiger partial charge in [-0.25, -0.2) is 0 Å². The standard InChI is InChI=1S/C20H24N2O3/c1-22(14-16-9-5-10-16)20(24)17(13-15-7-3-2-4-8-15)21-19(23)18-11-6-12-25-18/h2-4,6-8,11-12,16-17H,5,9-10,13-14H2,1H3,(H,21,23)/t17-/m0/s1. The molecule has 2 amide bonds. The zero-order valence-corrected chi connectivity index (χ0v) is 14.5. The number of carbonyl (C=O) groups excluding carboxylic acids is 2. The maximum atomic E-state index is 12.9. The first-order valence-electron chi connectivity index (χ1n) is 8.77. The Morgan fingerprint density at radius 1 is 1.20 bits per heavy atom. The summed E-state index contributed by atoms with van der Waals surface area (Å²) in [7, 11) is 1.82. The van der Waals surface area contributed by atoms with Crippen molar-refractivity contribution in [1.29, 1.82) is 0 Å². The van der Waals surface area contributed by atoms with Gasteiger partial charge >= 0.3 is 0 Å². The fourth-order valence-electron chi connectivity index (χ4n) is 3.11. The molecule has 1 heterocycles. The number of hydrogen-bond acceptors (Lipinski definition) is 3. The minimum atomic E-state index is -0.606. The summed E-state index contributed by atoms with van der Waals surface area (Å²) in [5.74, 6) is 0.381. The second kappa shape index (κ2) is 8.01. The average molecular weight is 340 g/mol. The number of nitrogens with zero attached hydrogens (tertiary/aromatic N) is 1. The molecular weight excluding hydrogens is 316 g/mol. The second-order valence-corrected chi connectivity index (χ2v) is 6.71. The number of likely N-dealkylation sites (N-methyl/N-ethyl adjacent to an activating group) is 1. The fraction of sp³-hybridized carbons (Fsp3) is 0.400. The topological polar surface area (TPSA) is 62.6 Å². The van der Waals surface area contributed by atoms with Crippen molar-refractivity contribution in [3.05, 3.63) is 60.1 Å². The lowest BCUT2D eigenvalue weighted by molar-refractivity contribution is -0.132. The highest BCUT2D eigenvalue weighted by atomic mass is 16.3. The van der Waals surface area contributed by atoms with Crippen molar-refractivity contribution < 1.29 is 14.0 Å². The quantitative estimate of drug-likeness (QED) is 0.843. The molecule has 0 bridgehead atoms. The van der Waals surface area contributed by atoms with E-state index >= 15 is 0 Å². The van der Waals surface area contributed by atoms with Gasteiger partial charge in [0.15, 0.2) is 5.76 Å². The van der Waals surface area contributed by atoms with Gasteiger partial charge in [-0.1, -0.05) is 36.8 Å². The van der Waals surface area contributed by atoms with Gasteiger partial charge in [0.05, 0.1) is 6.26 Å². The minimum Gasteiger partial charge on any atom is -0.459 e. The Morgan fingerprint density at radius 2 is 1.96 bits per heavy atom. The van der Waals surface area contributed by atoms with E-state index < -0.39 is 6.04 Å². The van der Waals surface area contributed by atoms with Crippen LogP contribution in [0.3, 0.4) is 0 Å². The summed E-state index contributed by atoms with van der Waals surface area (Å²) in [5.41, 5.74) is 1.01. The van der Waals surface area contributed by atoms with Crippen molar-refractivity contribution in [1.82, 2.24) is 10.2 Å². The molecule has 1 saturated carbocycles. The lowest BCUT2D eigenvalue weighted by Gasteiger charge is -2.32. The lowest BCUT2D eigenvalue weighted by Crippen LogP contribution is -2.49. The summed E-state index contributed by atoms with van der Waals surface area (Å²) in [5, 5.41) is 2.83. The molecule has 132 valence electrons. The van der Waals surface area contributed by atoms with Gasteiger partial charge in [-0.3, -0.25) is 9.59 Å². The van der Waals surface area contributed by atoms with Crippen LogP contribution in [-0.4, -0.2) is 36.3 Å². The highest BCUT2D eigenvalue weighted by molar-refractivity contribution is 5.95. The number of amides is 2. The summed E-state index contributed by atoms with van der Waals surface area (Å²) in [4.78, 5) is 27.0. The Kier molecular flexibility index (Phi) is 5.53. The molecule has 25 heavy (non-hydrogen) atoms. The minimum absolute atomic E-state index is 0.0596. The van der Waals surface area contributed by atoms with Crippen molar-refractivity contribution >= 4 is 11.8 Å². The van der Waals surface area contributed by atoms with E-state index in [1.165, 1.54) is 25.5 Å². The Hall–Kier alpha value is -2.56. The largest absolute Gasteiger partial charge is 0.459 e. The number of rotatable bonds is 7. The van der Waals surface area contributed by atoms with E-state index in [2.05, 4.69) is 5.32 Å². The van der Waals surface area contributed by atoms with E-state index in [1.807, 2.05) is 37.4 Å². The molecule has 1 aliphatic rings. The van der Waals surface area contributed by atoms with E-state index in [-0.39, 0.29) is 17.6 Å². The Bertz CT molecular complexity index is 693. The van der Waals surface area contributed by atoms with Gasteiger partial charge in [0, 0.05) is 20.0 Å². The molecule has 1 atom stereocenters. The van der Waals surface area contributed by atoms with Gasteiger partial charge in [0.25, 0.3) is 5.91 Å². The van der Waals surface area contributed by atoms with Crippen LogP contribution in [0.4, 0.5) is 0 Å². The van der Waals surface area contributed by atoms with Crippen LogP contribution in [0.25, 0.3) is 0 Å². The van der Waals surface area contributed by atoms with Gasteiger partial charge in [-0.2, -0.15) is 0 Å². The molecule has 2 aromatic rings. The molecule has 0 saturated heterocycles. The molecule has 0 unspecified atom stereocenters. The van der Waals surface area contributed by atoms with Crippen molar-refractivity contribution in [2.45, 2.75) is 31.7 Å². The first-order chi connectivity index (χ1) is 12.1. The molecule has 3 rings (SSSR count). The van der Waals surface area contributed by atoms with Crippen LogP contribution in [0.2, 0.25) is 0 Å². The zero-order chi connectivity index (χ0) is 17.6. The Labute approximate surface area is 148 Å². The summed E-state index contributed by atoms with van der Waals surface area (Å²) >= 11 is 0. The normalized spacial score (nSPS) is 15.2. The molecule has 1 aromatic heterocycles. The molecule has 1 fully saturated rings. The third-order valence-corrected chi connectivity index (χ3v) is 4.76. The van der Waals surface area contributed by atoms with Crippen molar-refractivity contribution in [2.24, 2.45) is 5.92 Å². The Morgan fingerprint density at radius 3 is 2.56 bits per heavy atom. The predicted molar refractivity (Wildman–Crippen MR) is 95.1 cm³/mol. The molecular formula is C20H24N2O3. The van der Waals surface area contributed by atoms with Crippen LogP contribution in [-0.2, 0) is 11.2 Å². The fourth-order valence-corrected chi connectivity index (χ4v) is 3.11. The van der Waals surface area contributed by atoms with Gasteiger partial charge in [-0.05, 0) is 36.5 Å². The molecule has 5 heteroatoms. The van der Waals surface area contributed by atoms with Crippen molar-refractivity contribution in [2.75, 3.05) is 13.6 Å². The van der Waals surface area contributed by atoms with Crippen LogP contribution in [0.1, 0.15) is 35.4 Å². The van der Waals surface area contributed by atoms with Crippen LogP contribution in [0.15, 0.2) is 53.1 Å². The second-order valence-electron chi connectivity index (χ2n) is 6.71. The average Bonchev–Trinajstić information content (AvgIpc) is 3.12. The van der Waals surface area contributed by atoms with Gasteiger partial charge < -0.3 is 14.6 Å². The van der Waals surface area contributed by atoms with E-state index in [0.717, 1.165) is 12.1 Å². The van der Waals surface area contributed by atoms with E-state index in [0.29, 0.717) is 12.3 Å². The van der Waals surface area contributed by atoms with Crippen LogP contribution in [0.5, 0.6) is 0 Å². The summed E-state index contributed by atoms with van der Waals surface area (Å²) in [6.07, 6.45) is 5.52. The van der Waals surface area contributed by atoms with E-state index in [9.17, 15) is 9.59 Å². The van der Waals surface area contributed by atoms with E-state index in [1.54, 1.807) is 17.0 Å².